The zero-order chi connectivity index (χ0) is 20.1. The zero-order valence-corrected chi connectivity index (χ0v) is 17.4. The molecule has 1 amide bonds. The number of carbonyl (C=O) groups is 1. The van der Waals surface area contributed by atoms with Crippen molar-refractivity contribution in [2.24, 2.45) is 11.8 Å². The lowest BCUT2D eigenvalue weighted by atomic mass is 9.79. The van der Waals surface area contributed by atoms with Gasteiger partial charge in [0.1, 0.15) is 0 Å². The fourth-order valence-electron chi connectivity index (χ4n) is 4.69. The standard InChI is InChI=1S/C22H32N6O/c1-2-3-7-18-10-12-19(13-11-18)21(29)26-14-16-27(17-15-26)22-23-24-25-28(22)20-8-5-4-6-9-20/h4-6,8-9,18-19H,2-3,7,10-17H2,1H3. The van der Waals surface area contributed by atoms with Crippen molar-refractivity contribution in [3.05, 3.63) is 30.3 Å². The van der Waals surface area contributed by atoms with Crippen molar-refractivity contribution in [2.75, 3.05) is 31.1 Å². The first-order chi connectivity index (χ1) is 14.3. The minimum atomic E-state index is 0.231. The van der Waals surface area contributed by atoms with Gasteiger partial charge in [0.25, 0.3) is 0 Å². The molecule has 4 rings (SSSR count). The van der Waals surface area contributed by atoms with Gasteiger partial charge in [0.2, 0.25) is 11.9 Å². The van der Waals surface area contributed by atoms with Crippen LogP contribution in [0.25, 0.3) is 5.69 Å². The van der Waals surface area contributed by atoms with Crippen LogP contribution in [0.15, 0.2) is 30.3 Å². The van der Waals surface area contributed by atoms with Crippen LogP contribution in [0.2, 0.25) is 0 Å². The van der Waals surface area contributed by atoms with Crippen molar-refractivity contribution < 1.29 is 4.79 Å². The minimum absolute atomic E-state index is 0.231. The van der Waals surface area contributed by atoms with Gasteiger partial charge in [-0.15, -0.1) is 0 Å². The molecule has 0 bridgehead atoms. The number of piperazine rings is 1. The van der Waals surface area contributed by atoms with Crippen molar-refractivity contribution >= 4 is 11.9 Å². The number of tetrazole rings is 1. The number of rotatable bonds is 6. The molecule has 1 aliphatic carbocycles. The van der Waals surface area contributed by atoms with E-state index in [1.54, 1.807) is 4.68 Å². The smallest absolute Gasteiger partial charge is 0.250 e. The van der Waals surface area contributed by atoms with E-state index in [9.17, 15) is 4.79 Å². The maximum absolute atomic E-state index is 13.0. The number of amides is 1. The van der Waals surface area contributed by atoms with E-state index in [1.165, 1.54) is 32.1 Å². The van der Waals surface area contributed by atoms with E-state index in [0.29, 0.717) is 5.91 Å². The number of benzene rings is 1. The highest BCUT2D eigenvalue weighted by molar-refractivity contribution is 5.79. The lowest BCUT2D eigenvalue weighted by molar-refractivity contribution is -0.137. The summed E-state index contributed by atoms with van der Waals surface area (Å²) in [7, 11) is 0. The van der Waals surface area contributed by atoms with Crippen LogP contribution in [-0.2, 0) is 4.79 Å². The first-order valence-electron chi connectivity index (χ1n) is 11.1. The van der Waals surface area contributed by atoms with Gasteiger partial charge in [-0.3, -0.25) is 4.79 Å². The van der Waals surface area contributed by atoms with Gasteiger partial charge in [0.05, 0.1) is 5.69 Å². The molecule has 29 heavy (non-hydrogen) atoms. The Kier molecular flexibility index (Phi) is 6.42. The third-order valence-electron chi connectivity index (χ3n) is 6.49. The second-order valence-corrected chi connectivity index (χ2v) is 8.40. The van der Waals surface area contributed by atoms with E-state index in [2.05, 4.69) is 32.2 Å². The van der Waals surface area contributed by atoms with E-state index in [0.717, 1.165) is 56.6 Å². The predicted molar refractivity (Wildman–Crippen MR) is 113 cm³/mol. The summed E-state index contributed by atoms with van der Waals surface area (Å²) in [5.74, 6) is 2.18. The molecule has 156 valence electrons. The van der Waals surface area contributed by atoms with Gasteiger partial charge < -0.3 is 9.80 Å². The molecule has 0 atom stereocenters. The number of para-hydroxylation sites is 1. The molecule has 2 heterocycles. The normalized spacial score (nSPS) is 22.7. The van der Waals surface area contributed by atoms with Gasteiger partial charge in [0, 0.05) is 32.1 Å². The van der Waals surface area contributed by atoms with Crippen LogP contribution in [0.5, 0.6) is 0 Å². The number of hydrogen-bond donors (Lipinski definition) is 0. The summed E-state index contributed by atoms with van der Waals surface area (Å²) >= 11 is 0. The molecule has 0 radical (unpaired) electrons. The Morgan fingerprint density at radius 2 is 1.76 bits per heavy atom. The Hall–Kier alpha value is -2.44. The summed E-state index contributed by atoms with van der Waals surface area (Å²) in [6, 6.07) is 9.94. The van der Waals surface area contributed by atoms with Crippen molar-refractivity contribution in [3.8, 4) is 5.69 Å². The Bertz CT molecular complexity index is 776. The highest BCUT2D eigenvalue weighted by Crippen LogP contribution is 2.33. The lowest BCUT2D eigenvalue weighted by Gasteiger charge is -2.38. The topological polar surface area (TPSA) is 67.2 Å². The Morgan fingerprint density at radius 3 is 2.45 bits per heavy atom. The average molecular weight is 397 g/mol. The second-order valence-electron chi connectivity index (χ2n) is 8.40. The van der Waals surface area contributed by atoms with Gasteiger partial charge >= 0.3 is 0 Å². The number of unbranched alkanes of at least 4 members (excludes halogenated alkanes) is 1. The molecular formula is C22H32N6O. The molecule has 7 nitrogen and oxygen atoms in total. The molecule has 1 aromatic carbocycles. The molecule has 0 N–H and O–H groups in total. The Balaban J connectivity index is 1.30. The maximum atomic E-state index is 13.0. The molecule has 1 aliphatic heterocycles. The molecule has 2 aliphatic rings. The van der Waals surface area contributed by atoms with Crippen molar-refractivity contribution in [1.29, 1.82) is 0 Å². The van der Waals surface area contributed by atoms with Crippen LogP contribution in [-0.4, -0.2) is 57.2 Å². The fourth-order valence-corrected chi connectivity index (χ4v) is 4.69. The highest BCUT2D eigenvalue weighted by Gasteiger charge is 2.31. The van der Waals surface area contributed by atoms with E-state index in [4.69, 9.17) is 0 Å². The number of aromatic nitrogens is 4. The monoisotopic (exact) mass is 396 g/mol. The van der Waals surface area contributed by atoms with Crippen LogP contribution >= 0.6 is 0 Å². The van der Waals surface area contributed by atoms with Gasteiger partial charge in [-0.1, -0.05) is 49.5 Å². The van der Waals surface area contributed by atoms with Crippen molar-refractivity contribution in [1.82, 2.24) is 25.1 Å². The van der Waals surface area contributed by atoms with Crippen LogP contribution in [0.1, 0.15) is 51.9 Å². The van der Waals surface area contributed by atoms with E-state index >= 15 is 0 Å². The number of hydrogen-bond acceptors (Lipinski definition) is 5. The second kappa shape index (κ2) is 9.37. The fraction of sp³-hybridized carbons (Fsp3) is 0.636. The molecule has 2 fully saturated rings. The zero-order valence-electron chi connectivity index (χ0n) is 17.4. The molecular weight excluding hydrogens is 364 g/mol. The third-order valence-corrected chi connectivity index (χ3v) is 6.49. The highest BCUT2D eigenvalue weighted by atomic mass is 16.2. The molecule has 7 heteroatoms. The molecule has 2 aromatic rings. The predicted octanol–water partition coefficient (Wildman–Crippen LogP) is 3.31. The van der Waals surface area contributed by atoms with Crippen molar-refractivity contribution in [2.45, 2.75) is 51.9 Å². The Labute approximate surface area is 173 Å². The van der Waals surface area contributed by atoms with Gasteiger partial charge in [0.15, 0.2) is 0 Å². The summed E-state index contributed by atoms with van der Waals surface area (Å²) < 4.78 is 1.77. The summed E-state index contributed by atoms with van der Waals surface area (Å²) in [5.41, 5.74) is 0.950. The summed E-state index contributed by atoms with van der Waals surface area (Å²) in [6.45, 7) is 5.29. The number of nitrogens with zero attached hydrogens (tertiary/aromatic N) is 6. The van der Waals surface area contributed by atoms with E-state index in [-0.39, 0.29) is 5.92 Å². The molecule has 0 unspecified atom stereocenters. The number of anilines is 1. The molecule has 0 spiro atoms. The van der Waals surface area contributed by atoms with Crippen LogP contribution in [0.3, 0.4) is 0 Å². The first kappa shape index (κ1) is 19.9. The van der Waals surface area contributed by atoms with Gasteiger partial charge in [-0.2, -0.15) is 4.68 Å². The van der Waals surface area contributed by atoms with E-state index < -0.39 is 0 Å². The van der Waals surface area contributed by atoms with Gasteiger partial charge in [-0.25, -0.2) is 0 Å². The number of carbonyl (C=O) groups excluding carboxylic acids is 1. The summed E-state index contributed by atoms with van der Waals surface area (Å²) in [4.78, 5) is 17.3. The molecule has 1 saturated heterocycles. The van der Waals surface area contributed by atoms with Crippen LogP contribution in [0, 0.1) is 11.8 Å². The third kappa shape index (κ3) is 4.60. The first-order valence-corrected chi connectivity index (χ1v) is 11.1. The Morgan fingerprint density at radius 1 is 1.03 bits per heavy atom. The largest absolute Gasteiger partial charge is 0.339 e. The average Bonchev–Trinajstić information content (AvgIpc) is 3.28. The molecule has 1 aromatic heterocycles. The lowest BCUT2D eigenvalue weighted by Crippen LogP contribution is -2.51. The van der Waals surface area contributed by atoms with Crippen molar-refractivity contribution in [3.63, 3.8) is 0 Å². The SMILES string of the molecule is CCCCC1CCC(C(=O)N2CCN(c3nnnn3-c3ccccc3)CC2)CC1. The van der Waals surface area contributed by atoms with Gasteiger partial charge in [-0.05, 0) is 54.2 Å². The van der Waals surface area contributed by atoms with E-state index in [1.807, 2.05) is 30.3 Å². The minimum Gasteiger partial charge on any atom is -0.339 e. The summed E-state index contributed by atoms with van der Waals surface area (Å²) in [6.07, 6.45) is 8.53. The van der Waals surface area contributed by atoms with Crippen LogP contribution in [0.4, 0.5) is 5.95 Å². The molecule has 1 saturated carbocycles. The summed E-state index contributed by atoms with van der Waals surface area (Å²) in [5, 5.41) is 12.3. The van der Waals surface area contributed by atoms with Crippen LogP contribution < -0.4 is 4.90 Å². The quantitative estimate of drug-likeness (QED) is 0.749. The maximum Gasteiger partial charge on any atom is 0.250 e.